The number of carbonyl (C=O) groups excluding carboxylic acids is 2. The highest BCUT2D eigenvalue weighted by Crippen LogP contribution is 2.18. The maximum atomic E-state index is 12.2. The molecular formula is C17H14N2O3. The lowest BCUT2D eigenvalue weighted by molar-refractivity contribution is 0.101. The van der Waals surface area contributed by atoms with Crippen molar-refractivity contribution in [2.75, 3.05) is 5.32 Å². The number of hydrogen-bond donors (Lipinski definition) is 1. The summed E-state index contributed by atoms with van der Waals surface area (Å²) in [6, 6.07) is 11.9. The van der Waals surface area contributed by atoms with E-state index >= 15 is 0 Å². The molecule has 0 radical (unpaired) electrons. The third kappa shape index (κ3) is 2.74. The van der Waals surface area contributed by atoms with E-state index in [1.54, 1.807) is 49.4 Å². The van der Waals surface area contributed by atoms with Crippen molar-refractivity contribution in [2.45, 2.75) is 13.8 Å². The van der Waals surface area contributed by atoms with Gasteiger partial charge in [0.1, 0.15) is 5.52 Å². The molecule has 5 heteroatoms. The number of fused-ring (bicyclic) bond motifs is 1. The van der Waals surface area contributed by atoms with Gasteiger partial charge in [0.2, 0.25) is 0 Å². The smallest absolute Gasteiger partial charge is 0.255 e. The van der Waals surface area contributed by atoms with E-state index < -0.39 is 0 Å². The van der Waals surface area contributed by atoms with Crippen LogP contribution in [0.5, 0.6) is 0 Å². The van der Waals surface area contributed by atoms with Crippen molar-refractivity contribution in [3.8, 4) is 0 Å². The van der Waals surface area contributed by atoms with Crippen LogP contribution in [-0.4, -0.2) is 16.7 Å². The third-order valence-corrected chi connectivity index (χ3v) is 3.31. The fraction of sp³-hybridized carbons (Fsp3) is 0.118. The van der Waals surface area contributed by atoms with Gasteiger partial charge in [0.25, 0.3) is 5.91 Å². The molecule has 2 aromatic carbocycles. The molecule has 0 bridgehead atoms. The van der Waals surface area contributed by atoms with Crippen LogP contribution >= 0.6 is 0 Å². The molecule has 1 aromatic heterocycles. The van der Waals surface area contributed by atoms with Gasteiger partial charge in [-0.15, -0.1) is 0 Å². The molecule has 110 valence electrons. The number of Topliss-reactive ketones (excluding diaryl/α,β-unsaturated/α-hetero) is 1. The lowest BCUT2D eigenvalue weighted by Gasteiger charge is -2.05. The van der Waals surface area contributed by atoms with Gasteiger partial charge in [0, 0.05) is 23.7 Å². The Morgan fingerprint density at radius 1 is 1.05 bits per heavy atom. The van der Waals surface area contributed by atoms with Gasteiger partial charge in [0.05, 0.1) is 0 Å². The van der Waals surface area contributed by atoms with Gasteiger partial charge in [-0.1, -0.05) is 0 Å². The number of aromatic nitrogens is 1. The lowest BCUT2D eigenvalue weighted by Crippen LogP contribution is -2.11. The van der Waals surface area contributed by atoms with E-state index in [9.17, 15) is 9.59 Å². The molecule has 0 saturated heterocycles. The summed E-state index contributed by atoms with van der Waals surface area (Å²) in [6.07, 6.45) is 0. The molecule has 3 aromatic rings. The van der Waals surface area contributed by atoms with Gasteiger partial charge in [-0.25, -0.2) is 4.98 Å². The van der Waals surface area contributed by atoms with Crippen molar-refractivity contribution in [1.29, 1.82) is 0 Å². The minimum Gasteiger partial charge on any atom is -0.441 e. The molecule has 3 rings (SSSR count). The van der Waals surface area contributed by atoms with Crippen molar-refractivity contribution in [3.63, 3.8) is 0 Å². The Hall–Kier alpha value is -2.95. The number of rotatable bonds is 3. The van der Waals surface area contributed by atoms with Crippen LogP contribution in [0, 0.1) is 6.92 Å². The molecular weight excluding hydrogens is 280 g/mol. The second-order valence-corrected chi connectivity index (χ2v) is 5.00. The predicted molar refractivity (Wildman–Crippen MR) is 83.1 cm³/mol. The summed E-state index contributed by atoms with van der Waals surface area (Å²) >= 11 is 0. The molecule has 1 heterocycles. The minimum atomic E-state index is -0.238. The minimum absolute atomic E-state index is 0.00951. The molecule has 0 unspecified atom stereocenters. The van der Waals surface area contributed by atoms with E-state index in [0.717, 1.165) is 0 Å². The number of anilines is 1. The van der Waals surface area contributed by atoms with Crippen LogP contribution in [0.3, 0.4) is 0 Å². The average molecular weight is 294 g/mol. The van der Waals surface area contributed by atoms with Gasteiger partial charge >= 0.3 is 0 Å². The van der Waals surface area contributed by atoms with Gasteiger partial charge in [-0.2, -0.15) is 0 Å². The Kier molecular flexibility index (Phi) is 3.47. The summed E-state index contributed by atoms with van der Waals surface area (Å²) in [5, 5.41) is 2.79. The molecule has 0 atom stereocenters. The molecule has 1 amide bonds. The summed E-state index contributed by atoms with van der Waals surface area (Å²) in [5.74, 6) is 0.315. The Labute approximate surface area is 127 Å². The Bertz CT molecular complexity index is 863. The second-order valence-electron chi connectivity index (χ2n) is 5.00. The highest BCUT2D eigenvalue weighted by atomic mass is 16.3. The number of ketones is 1. The highest BCUT2D eigenvalue weighted by molar-refractivity contribution is 6.06. The molecule has 0 saturated carbocycles. The van der Waals surface area contributed by atoms with E-state index in [2.05, 4.69) is 10.3 Å². The maximum absolute atomic E-state index is 12.2. The molecule has 1 N–H and O–H groups in total. The first kappa shape index (κ1) is 14.0. The summed E-state index contributed by atoms with van der Waals surface area (Å²) in [7, 11) is 0. The van der Waals surface area contributed by atoms with Crippen molar-refractivity contribution >= 4 is 28.5 Å². The van der Waals surface area contributed by atoms with Crippen molar-refractivity contribution in [3.05, 3.63) is 59.5 Å². The second kappa shape index (κ2) is 5.44. The maximum Gasteiger partial charge on any atom is 0.255 e. The molecule has 0 aliphatic rings. The van der Waals surface area contributed by atoms with Gasteiger partial charge in [-0.05, 0) is 49.4 Å². The van der Waals surface area contributed by atoms with Crippen LogP contribution in [0.15, 0.2) is 46.9 Å². The topological polar surface area (TPSA) is 72.2 Å². The van der Waals surface area contributed by atoms with Crippen molar-refractivity contribution in [2.24, 2.45) is 0 Å². The van der Waals surface area contributed by atoms with Crippen molar-refractivity contribution < 1.29 is 14.0 Å². The van der Waals surface area contributed by atoms with Crippen LogP contribution in [0.2, 0.25) is 0 Å². The summed E-state index contributed by atoms with van der Waals surface area (Å²) < 4.78 is 5.38. The van der Waals surface area contributed by atoms with E-state index in [1.807, 2.05) is 0 Å². The fourth-order valence-corrected chi connectivity index (χ4v) is 2.18. The zero-order valence-electron chi connectivity index (χ0n) is 12.2. The van der Waals surface area contributed by atoms with Gasteiger partial charge < -0.3 is 9.73 Å². The average Bonchev–Trinajstić information content (AvgIpc) is 2.86. The quantitative estimate of drug-likeness (QED) is 0.749. The molecule has 0 aliphatic carbocycles. The summed E-state index contributed by atoms with van der Waals surface area (Å²) in [6.45, 7) is 3.26. The van der Waals surface area contributed by atoms with E-state index in [4.69, 9.17) is 4.42 Å². The number of amides is 1. The van der Waals surface area contributed by atoms with Gasteiger partial charge in [-0.3, -0.25) is 9.59 Å². The van der Waals surface area contributed by atoms with Crippen LogP contribution in [-0.2, 0) is 0 Å². The van der Waals surface area contributed by atoms with Crippen LogP contribution in [0.1, 0.15) is 33.5 Å². The van der Waals surface area contributed by atoms with Crippen LogP contribution < -0.4 is 5.32 Å². The summed E-state index contributed by atoms with van der Waals surface area (Å²) in [5.41, 5.74) is 3.04. The zero-order chi connectivity index (χ0) is 15.7. The highest BCUT2D eigenvalue weighted by Gasteiger charge is 2.10. The number of nitrogens with zero attached hydrogens (tertiary/aromatic N) is 1. The monoisotopic (exact) mass is 294 g/mol. The molecule has 22 heavy (non-hydrogen) atoms. The van der Waals surface area contributed by atoms with E-state index in [1.165, 1.54) is 6.92 Å². The predicted octanol–water partition coefficient (Wildman–Crippen LogP) is 3.59. The Morgan fingerprint density at radius 3 is 2.41 bits per heavy atom. The van der Waals surface area contributed by atoms with Gasteiger partial charge in [0.15, 0.2) is 17.3 Å². The lowest BCUT2D eigenvalue weighted by atomic mass is 10.1. The molecule has 0 aliphatic heterocycles. The van der Waals surface area contributed by atoms with Crippen LogP contribution in [0.25, 0.3) is 11.1 Å². The number of carbonyl (C=O) groups is 2. The standard InChI is InChI=1S/C17H14N2O3/c1-10(20)12-3-6-14(7-4-12)19-17(21)13-5-8-16-15(9-13)18-11(2)22-16/h3-9H,1-2H3,(H,19,21). The van der Waals surface area contributed by atoms with E-state index in [-0.39, 0.29) is 11.7 Å². The number of oxazole rings is 1. The summed E-state index contributed by atoms with van der Waals surface area (Å²) in [4.78, 5) is 27.7. The molecule has 5 nitrogen and oxygen atoms in total. The van der Waals surface area contributed by atoms with Crippen molar-refractivity contribution in [1.82, 2.24) is 4.98 Å². The third-order valence-electron chi connectivity index (χ3n) is 3.31. The zero-order valence-corrected chi connectivity index (χ0v) is 12.2. The Balaban J connectivity index is 1.81. The normalized spacial score (nSPS) is 10.6. The fourth-order valence-electron chi connectivity index (χ4n) is 2.18. The van der Waals surface area contributed by atoms with Crippen LogP contribution in [0.4, 0.5) is 5.69 Å². The number of aryl methyl sites for hydroxylation is 1. The number of nitrogens with one attached hydrogen (secondary N) is 1. The first-order chi connectivity index (χ1) is 10.5. The number of benzene rings is 2. The Morgan fingerprint density at radius 2 is 1.73 bits per heavy atom. The largest absolute Gasteiger partial charge is 0.441 e. The molecule has 0 fully saturated rings. The first-order valence-electron chi connectivity index (χ1n) is 6.82. The molecule has 0 spiro atoms. The first-order valence-corrected chi connectivity index (χ1v) is 6.82. The number of hydrogen-bond acceptors (Lipinski definition) is 4. The SMILES string of the molecule is CC(=O)c1ccc(NC(=O)c2ccc3oc(C)nc3c2)cc1. The van der Waals surface area contributed by atoms with E-state index in [0.29, 0.717) is 33.8 Å².